The predicted octanol–water partition coefficient (Wildman–Crippen LogP) is 3.59. The van der Waals surface area contributed by atoms with Crippen molar-refractivity contribution in [2.24, 2.45) is 0 Å². The lowest BCUT2D eigenvalue weighted by Crippen LogP contribution is -2.21. The number of halogens is 6. The maximum absolute atomic E-state index is 14.0. The topological polar surface area (TPSA) is 59.3 Å². The third-order valence-electron chi connectivity index (χ3n) is 3.63. The van der Waals surface area contributed by atoms with Crippen molar-refractivity contribution in [2.45, 2.75) is 12.6 Å². The van der Waals surface area contributed by atoms with Gasteiger partial charge in [-0.1, -0.05) is 0 Å². The quantitative estimate of drug-likeness (QED) is 0.548. The summed E-state index contributed by atoms with van der Waals surface area (Å²) in [5.41, 5.74) is -3.36. The summed E-state index contributed by atoms with van der Waals surface area (Å²) in [5, 5.41) is 2.19. The fourth-order valence-electron chi connectivity index (χ4n) is 2.49. The summed E-state index contributed by atoms with van der Waals surface area (Å²) < 4.78 is 79.2. The SMILES string of the molecule is O=c1nc(NCC(F)F)n2ccc(C(F)(F)F)cc2c1-c1cccnc1F. The van der Waals surface area contributed by atoms with Gasteiger partial charge in [-0.15, -0.1) is 0 Å². The molecule has 0 atom stereocenters. The van der Waals surface area contributed by atoms with Gasteiger partial charge in [0.05, 0.1) is 23.2 Å². The van der Waals surface area contributed by atoms with Crippen LogP contribution < -0.4 is 10.9 Å². The average Bonchev–Trinajstić information content (AvgIpc) is 2.59. The molecule has 0 saturated heterocycles. The van der Waals surface area contributed by atoms with Gasteiger partial charge in [0, 0.05) is 18.0 Å². The van der Waals surface area contributed by atoms with Crippen LogP contribution in [0, 0.1) is 5.95 Å². The fraction of sp³-hybridized carbons (Fsp3) is 0.188. The average molecular weight is 388 g/mol. The number of alkyl halides is 5. The third kappa shape index (κ3) is 3.71. The molecule has 3 aromatic rings. The van der Waals surface area contributed by atoms with E-state index in [1.54, 1.807) is 0 Å². The molecule has 3 rings (SSSR count). The fourth-order valence-corrected chi connectivity index (χ4v) is 2.49. The van der Waals surface area contributed by atoms with Crippen molar-refractivity contribution in [3.05, 3.63) is 58.5 Å². The molecule has 3 heterocycles. The Balaban J connectivity index is 2.34. The number of aromatic nitrogens is 3. The van der Waals surface area contributed by atoms with E-state index in [2.05, 4.69) is 15.3 Å². The van der Waals surface area contributed by atoms with Gasteiger partial charge in [0.15, 0.2) is 0 Å². The van der Waals surface area contributed by atoms with E-state index in [-0.39, 0.29) is 11.1 Å². The minimum Gasteiger partial charge on any atom is -0.350 e. The zero-order valence-electron chi connectivity index (χ0n) is 13.3. The number of anilines is 1. The van der Waals surface area contributed by atoms with Gasteiger partial charge >= 0.3 is 6.18 Å². The molecule has 0 aliphatic rings. The van der Waals surface area contributed by atoms with Crippen molar-refractivity contribution in [1.82, 2.24) is 14.4 Å². The second-order valence-electron chi connectivity index (χ2n) is 5.40. The number of nitrogens with zero attached hydrogens (tertiary/aromatic N) is 3. The molecule has 0 unspecified atom stereocenters. The standard InChI is InChI=1S/C16H10F6N4O/c17-11(18)7-24-15-25-14(27)12(9-2-1-4-23-13(9)19)10-6-8(16(20,21)22)3-5-26(10)15/h1-6,11H,7H2,(H,24,25,27). The lowest BCUT2D eigenvalue weighted by molar-refractivity contribution is -0.137. The van der Waals surface area contributed by atoms with Gasteiger partial charge < -0.3 is 5.32 Å². The summed E-state index contributed by atoms with van der Waals surface area (Å²) in [6, 6.07) is 3.77. The van der Waals surface area contributed by atoms with Gasteiger partial charge in [0.1, 0.15) is 0 Å². The molecule has 0 saturated carbocycles. The molecule has 0 spiro atoms. The van der Waals surface area contributed by atoms with Crippen molar-refractivity contribution < 1.29 is 26.3 Å². The highest BCUT2D eigenvalue weighted by atomic mass is 19.4. The van der Waals surface area contributed by atoms with Crippen molar-refractivity contribution in [3.63, 3.8) is 0 Å². The third-order valence-corrected chi connectivity index (χ3v) is 3.63. The molecule has 0 radical (unpaired) electrons. The Labute approximate surface area is 147 Å². The largest absolute Gasteiger partial charge is 0.416 e. The molecule has 27 heavy (non-hydrogen) atoms. The number of hydrogen-bond acceptors (Lipinski definition) is 4. The van der Waals surface area contributed by atoms with Crippen LogP contribution >= 0.6 is 0 Å². The normalized spacial score (nSPS) is 12.0. The molecule has 0 aromatic carbocycles. The van der Waals surface area contributed by atoms with E-state index in [1.807, 2.05) is 0 Å². The summed E-state index contributed by atoms with van der Waals surface area (Å²) in [4.78, 5) is 19.3. The van der Waals surface area contributed by atoms with Gasteiger partial charge in [0.2, 0.25) is 11.9 Å². The minimum atomic E-state index is -4.73. The Kier molecular flexibility index (Phi) is 4.77. The van der Waals surface area contributed by atoms with Gasteiger partial charge in [-0.2, -0.15) is 22.5 Å². The molecule has 11 heteroatoms. The maximum atomic E-state index is 14.0. The van der Waals surface area contributed by atoms with E-state index >= 15 is 0 Å². The van der Waals surface area contributed by atoms with Crippen LogP contribution in [0.25, 0.3) is 16.6 Å². The summed E-state index contributed by atoms with van der Waals surface area (Å²) in [5.74, 6) is -1.47. The first kappa shape index (κ1) is 18.7. The Hall–Kier alpha value is -3.11. The predicted molar refractivity (Wildman–Crippen MR) is 84.1 cm³/mol. The smallest absolute Gasteiger partial charge is 0.350 e. The molecule has 0 amide bonds. The van der Waals surface area contributed by atoms with Crippen molar-refractivity contribution in [3.8, 4) is 11.1 Å². The van der Waals surface area contributed by atoms with Crippen LogP contribution in [0.15, 0.2) is 41.5 Å². The highest BCUT2D eigenvalue weighted by molar-refractivity contribution is 5.81. The first-order chi connectivity index (χ1) is 12.7. The van der Waals surface area contributed by atoms with Crippen LogP contribution in [0.4, 0.5) is 32.3 Å². The van der Waals surface area contributed by atoms with Crippen LogP contribution in [0.3, 0.4) is 0 Å². The summed E-state index contributed by atoms with van der Waals surface area (Å²) >= 11 is 0. The summed E-state index contributed by atoms with van der Waals surface area (Å²) in [7, 11) is 0. The Morgan fingerprint density at radius 1 is 1.22 bits per heavy atom. The van der Waals surface area contributed by atoms with Crippen molar-refractivity contribution >= 4 is 11.5 Å². The molecule has 0 fully saturated rings. The highest BCUT2D eigenvalue weighted by Crippen LogP contribution is 2.32. The zero-order chi connectivity index (χ0) is 19.8. The van der Waals surface area contributed by atoms with Gasteiger partial charge in [-0.25, -0.2) is 13.8 Å². The lowest BCUT2D eigenvalue weighted by Gasteiger charge is -2.15. The van der Waals surface area contributed by atoms with Crippen LogP contribution in [0.1, 0.15) is 5.56 Å². The molecule has 142 valence electrons. The molecule has 3 aromatic heterocycles. The van der Waals surface area contributed by atoms with Crippen molar-refractivity contribution in [2.75, 3.05) is 11.9 Å². The van der Waals surface area contributed by atoms with Gasteiger partial charge in [0.25, 0.3) is 12.0 Å². The van der Waals surface area contributed by atoms with E-state index < -0.39 is 47.7 Å². The Bertz CT molecular complexity index is 1050. The number of rotatable bonds is 4. The highest BCUT2D eigenvalue weighted by Gasteiger charge is 2.31. The number of hydrogen-bond donors (Lipinski definition) is 1. The van der Waals surface area contributed by atoms with E-state index in [9.17, 15) is 31.1 Å². The van der Waals surface area contributed by atoms with Crippen molar-refractivity contribution in [1.29, 1.82) is 0 Å². The van der Waals surface area contributed by atoms with E-state index in [0.29, 0.717) is 12.1 Å². The number of nitrogens with one attached hydrogen (secondary N) is 1. The number of pyridine rings is 2. The van der Waals surface area contributed by atoms with Crippen LogP contribution in [-0.4, -0.2) is 27.3 Å². The van der Waals surface area contributed by atoms with Gasteiger partial charge in [-0.3, -0.25) is 9.20 Å². The summed E-state index contributed by atoms with van der Waals surface area (Å²) in [6.07, 6.45) is -5.51. The first-order valence-electron chi connectivity index (χ1n) is 7.45. The molecule has 1 N–H and O–H groups in total. The molecular formula is C16H10F6N4O. The van der Waals surface area contributed by atoms with Crippen LogP contribution in [-0.2, 0) is 6.18 Å². The number of fused-ring (bicyclic) bond motifs is 1. The minimum absolute atomic E-state index is 0.353. The maximum Gasteiger partial charge on any atom is 0.416 e. The second kappa shape index (κ2) is 6.89. The molecule has 0 aliphatic carbocycles. The monoisotopic (exact) mass is 388 g/mol. The Morgan fingerprint density at radius 2 is 1.96 bits per heavy atom. The second-order valence-corrected chi connectivity index (χ2v) is 5.40. The van der Waals surface area contributed by atoms with Crippen LogP contribution in [0.5, 0.6) is 0 Å². The van der Waals surface area contributed by atoms with E-state index in [1.165, 1.54) is 6.07 Å². The van der Waals surface area contributed by atoms with E-state index in [0.717, 1.165) is 22.9 Å². The first-order valence-corrected chi connectivity index (χ1v) is 7.45. The zero-order valence-corrected chi connectivity index (χ0v) is 13.3. The van der Waals surface area contributed by atoms with Gasteiger partial charge in [-0.05, 0) is 24.3 Å². The molecule has 0 aliphatic heterocycles. The lowest BCUT2D eigenvalue weighted by atomic mass is 10.1. The Morgan fingerprint density at radius 3 is 2.59 bits per heavy atom. The summed E-state index contributed by atoms with van der Waals surface area (Å²) in [6.45, 7) is -0.879. The molecule has 0 bridgehead atoms. The molecular weight excluding hydrogens is 378 g/mol. The van der Waals surface area contributed by atoms with E-state index in [4.69, 9.17) is 0 Å². The molecule has 5 nitrogen and oxygen atoms in total. The van der Waals surface area contributed by atoms with Crippen LogP contribution in [0.2, 0.25) is 0 Å².